The second-order valence-corrected chi connectivity index (χ2v) is 4.92. The molecule has 1 unspecified atom stereocenters. The number of halogens is 1. The van der Waals surface area contributed by atoms with Crippen LogP contribution in [0.2, 0.25) is 0 Å². The molecule has 1 aromatic heterocycles. The van der Waals surface area contributed by atoms with E-state index in [-0.39, 0.29) is 11.1 Å². The van der Waals surface area contributed by atoms with Gasteiger partial charge in [0.25, 0.3) is 5.56 Å². The van der Waals surface area contributed by atoms with Gasteiger partial charge in [0.05, 0.1) is 18.3 Å². The van der Waals surface area contributed by atoms with Crippen LogP contribution < -0.4 is 5.56 Å². The summed E-state index contributed by atoms with van der Waals surface area (Å²) in [6.45, 7) is 2.05. The van der Waals surface area contributed by atoms with Crippen LogP contribution in [-0.2, 0) is 11.3 Å². The first-order valence-electron chi connectivity index (χ1n) is 6.47. The number of rotatable bonds is 2. The van der Waals surface area contributed by atoms with Gasteiger partial charge in [0, 0.05) is 19.1 Å². The van der Waals surface area contributed by atoms with Crippen LogP contribution in [0.4, 0.5) is 4.39 Å². The van der Waals surface area contributed by atoms with Crippen LogP contribution in [0.15, 0.2) is 29.3 Å². The fourth-order valence-corrected chi connectivity index (χ4v) is 2.51. The van der Waals surface area contributed by atoms with E-state index in [2.05, 4.69) is 4.98 Å². The lowest BCUT2D eigenvalue weighted by Crippen LogP contribution is -2.28. The molecule has 19 heavy (non-hydrogen) atoms. The maximum Gasteiger partial charge on any atom is 0.261 e. The lowest BCUT2D eigenvalue weighted by Gasteiger charge is -2.22. The molecule has 1 saturated heterocycles. The first kappa shape index (κ1) is 12.3. The van der Waals surface area contributed by atoms with Crippen molar-refractivity contribution >= 4 is 10.9 Å². The van der Waals surface area contributed by atoms with Crippen molar-refractivity contribution in [3.05, 3.63) is 40.7 Å². The molecule has 0 radical (unpaired) electrons. The average Bonchev–Trinajstić information content (AvgIpc) is 2.44. The Hall–Kier alpha value is -1.75. The lowest BCUT2D eigenvalue weighted by molar-refractivity contribution is 0.0479. The summed E-state index contributed by atoms with van der Waals surface area (Å²) in [5.74, 6) is -0.123. The molecule has 1 aliphatic rings. The molecule has 0 amide bonds. The summed E-state index contributed by atoms with van der Waals surface area (Å²) in [5, 5.41) is 0.333. The highest BCUT2D eigenvalue weighted by atomic mass is 19.1. The van der Waals surface area contributed by atoms with E-state index >= 15 is 0 Å². The number of aromatic nitrogens is 2. The summed E-state index contributed by atoms with van der Waals surface area (Å²) in [6, 6.07) is 4.46. The Morgan fingerprint density at radius 3 is 3.16 bits per heavy atom. The highest BCUT2D eigenvalue weighted by Gasteiger charge is 2.16. The van der Waals surface area contributed by atoms with Gasteiger partial charge < -0.3 is 4.74 Å². The van der Waals surface area contributed by atoms with E-state index in [1.807, 2.05) is 0 Å². The van der Waals surface area contributed by atoms with Gasteiger partial charge in [-0.15, -0.1) is 0 Å². The predicted molar refractivity (Wildman–Crippen MR) is 69.5 cm³/mol. The van der Waals surface area contributed by atoms with Gasteiger partial charge in [-0.05, 0) is 25.0 Å². The Labute approximate surface area is 109 Å². The van der Waals surface area contributed by atoms with Crippen LogP contribution in [-0.4, -0.2) is 22.8 Å². The van der Waals surface area contributed by atoms with E-state index in [0.29, 0.717) is 24.5 Å². The Kier molecular flexibility index (Phi) is 3.29. The summed E-state index contributed by atoms with van der Waals surface area (Å²) < 4.78 is 20.5. The number of hydrogen-bond donors (Lipinski definition) is 0. The molecule has 0 spiro atoms. The molecule has 5 heteroatoms. The number of nitrogens with zero attached hydrogens (tertiary/aromatic N) is 2. The number of para-hydroxylation sites is 1. The second kappa shape index (κ2) is 5.09. The normalized spacial score (nSPS) is 19.7. The number of hydrogen-bond acceptors (Lipinski definition) is 3. The van der Waals surface area contributed by atoms with Crippen molar-refractivity contribution in [3.63, 3.8) is 0 Å². The maximum absolute atomic E-state index is 13.5. The highest BCUT2D eigenvalue weighted by molar-refractivity contribution is 5.77. The van der Waals surface area contributed by atoms with Gasteiger partial charge in [-0.3, -0.25) is 9.36 Å². The van der Waals surface area contributed by atoms with E-state index in [1.54, 1.807) is 10.6 Å². The quantitative estimate of drug-likeness (QED) is 0.831. The number of benzene rings is 1. The van der Waals surface area contributed by atoms with Crippen LogP contribution in [0.3, 0.4) is 0 Å². The Morgan fingerprint density at radius 1 is 1.47 bits per heavy atom. The molecule has 3 rings (SSSR count). The zero-order valence-corrected chi connectivity index (χ0v) is 10.5. The van der Waals surface area contributed by atoms with Crippen molar-refractivity contribution in [1.82, 2.24) is 9.55 Å². The van der Waals surface area contributed by atoms with Crippen molar-refractivity contribution in [2.45, 2.75) is 19.4 Å². The van der Waals surface area contributed by atoms with E-state index < -0.39 is 5.82 Å². The monoisotopic (exact) mass is 262 g/mol. The van der Waals surface area contributed by atoms with Gasteiger partial charge >= 0.3 is 0 Å². The zero-order chi connectivity index (χ0) is 13.2. The molecule has 0 saturated carbocycles. The molecule has 2 aromatic rings. The van der Waals surface area contributed by atoms with Crippen molar-refractivity contribution in [3.8, 4) is 0 Å². The zero-order valence-electron chi connectivity index (χ0n) is 10.5. The molecular weight excluding hydrogens is 247 g/mol. The highest BCUT2D eigenvalue weighted by Crippen LogP contribution is 2.16. The molecule has 4 nitrogen and oxygen atoms in total. The van der Waals surface area contributed by atoms with Crippen LogP contribution in [0.5, 0.6) is 0 Å². The van der Waals surface area contributed by atoms with Crippen LogP contribution in [0.1, 0.15) is 12.8 Å². The van der Waals surface area contributed by atoms with Crippen molar-refractivity contribution < 1.29 is 9.13 Å². The molecular formula is C14H15FN2O2. The van der Waals surface area contributed by atoms with Crippen molar-refractivity contribution in [1.29, 1.82) is 0 Å². The third-order valence-electron chi connectivity index (χ3n) is 3.51. The number of fused-ring (bicyclic) bond motifs is 1. The Morgan fingerprint density at radius 2 is 2.37 bits per heavy atom. The van der Waals surface area contributed by atoms with Crippen LogP contribution in [0, 0.1) is 11.7 Å². The van der Waals surface area contributed by atoms with E-state index in [1.165, 1.54) is 18.5 Å². The van der Waals surface area contributed by atoms with Gasteiger partial charge in [-0.2, -0.15) is 0 Å². The minimum atomic E-state index is -0.456. The summed E-state index contributed by atoms with van der Waals surface area (Å²) in [6.07, 6.45) is 3.50. The van der Waals surface area contributed by atoms with Gasteiger partial charge in [0.1, 0.15) is 11.3 Å². The molecule has 1 fully saturated rings. The smallest absolute Gasteiger partial charge is 0.261 e. The van der Waals surface area contributed by atoms with Crippen molar-refractivity contribution in [2.24, 2.45) is 5.92 Å². The van der Waals surface area contributed by atoms with Crippen molar-refractivity contribution in [2.75, 3.05) is 13.2 Å². The molecule has 1 aromatic carbocycles. The van der Waals surface area contributed by atoms with E-state index in [9.17, 15) is 9.18 Å². The summed E-state index contributed by atoms with van der Waals surface area (Å²) in [5.41, 5.74) is -0.0429. The third-order valence-corrected chi connectivity index (χ3v) is 3.51. The maximum atomic E-state index is 13.5. The van der Waals surface area contributed by atoms with Gasteiger partial charge in [0.2, 0.25) is 0 Å². The Balaban J connectivity index is 1.96. The van der Waals surface area contributed by atoms with E-state index in [0.717, 1.165) is 19.4 Å². The van der Waals surface area contributed by atoms with Gasteiger partial charge in [-0.25, -0.2) is 9.37 Å². The fourth-order valence-electron chi connectivity index (χ4n) is 2.51. The van der Waals surface area contributed by atoms with Gasteiger partial charge in [-0.1, -0.05) is 6.07 Å². The predicted octanol–water partition coefficient (Wildman–Crippen LogP) is 1.96. The number of ether oxygens (including phenoxy) is 1. The third kappa shape index (κ3) is 2.38. The minimum Gasteiger partial charge on any atom is -0.381 e. The molecule has 0 bridgehead atoms. The fraction of sp³-hybridized carbons (Fsp3) is 0.429. The summed E-state index contributed by atoms with van der Waals surface area (Å²) in [7, 11) is 0. The molecule has 0 N–H and O–H groups in total. The first-order valence-corrected chi connectivity index (χ1v) is 6.47. The van der Waals surface area contributed by atoms with Crippen LogP contribution >= 0.6 is 0 Å². The molecule has 100 valence electrons. The lowest BCUT2D eigenvalue weighted by atomic mass is 10.0. The topological polar surface area (TPSA) is 44.1 Å². The SMILES string of the molecule is O=c1c2cccc(F)c2ncn1CC1CCCOC1. The second-order valence-electron chi connectivity index (χ2n) is 4.92. The largest absolute Gasteiger partial charge is 0.381 e. The molecule has 0 aliphatic carbocycles. The summed E-state index contributed by atoms with van der Waals surface area (Å²) >= 11 is 0. The first-order chi connectivity index (χ1) is 9.25. The molecule has 1 atom stereocenters. The van der Waals surface area contributed by atoms with Gasteiger partial charge in [0.15, 0.2) is 0 Å². The van der Waals surface area contributed by atoms with Crippen LogP contribution in [0.25, 0.3) is 10.9 Å². The average molecular weight is 262 g/mol. The molecule has 1 aliphatic heterocycles. The molecule has 2 heterocycles. The van der Waals surface area contributed by atoms with E-state index in [4.69, 9.17) is 4.74 Å². The standard InChI is InChI=1S/C14H15FN2O2/c15-12-5-1-4-11-13(12)16-9-17(14(11)18)7-10-3-2-6-19-8-10/h1,4-5,9-10H,2-3,6-8H2. The Bertz CT molecular complexity index is 647. The minimum absolute atomic E-state index is 0.142. The summed E-state index contributed by atoms with van der Waals surface area (Å²) in [4.78, 5) is 16.3.